The Bertz CT molecular complexity index is 614. The van der Waals surface area contributed by atoms with E-state index in [-0.39, 0.29) is 5.91 Å². The molecule has 138 valence electrons. The second-order valence-electron chi connectivity index (χ2n) is 5.81. The number of primary amides is 1. The number of benzene rings is 1. The molecule has 0 aliphatic carbocycles. The van der Waals surface area contributed by atoms with Crippen molar-refractivity contribution in [1.29, 1.82) is 0 Å². The van der Waals surface area contributed by atoms with Crippen molar-refractivity contribution in [2.45, 2.75) is 19.0 Å². The van der Waals surface area contributed by atoms with Crippen LogP contribution in [0.15, 0.2) is 24.3 Å². The minimum atomic E-state index is -4.37. The van der Waals surface area contributed by atoms with E-state index in [9.17, 15) is 22.8 Å². The largest absolute Gasteiger partial charge is 0.416 e. The van der Waals surface area contributed by atoms with Crippen LogP contribution < -0.4 is 16.0 Å². The summed E-state index contributed by atoms with van der Waals surface area (Å²) in [6.07, 6.45) is -3.58. The molecule has 1 aliphatic heterocycles. The number of halogens is 3. The summed E-state index contributed by atoms with van der Waals surface area (Å²) in [7, 11) is 0. The molecule has 1 heterocycles. The molecule has 6 nitrogen and oxygen atoms in total. The van der Waals surface area contributed by atoms with Gasteiger partial charge in [-0.05, 0) is 24.6 Å². The van der Waals surface area contributed by atoms with Gasteiger partial charge in [-0.2, -0.15) is 13.2 Å². The maximum Gasteiger partial charge on any atom is 0.416 e. The predicted molar refractivity (Wildman–Crippen MR) is 87.1 cm³/mol. The lowest BCUT2D eigenvalue weighted by atomic mass is 10.1. The number of carbonyl (C=O) groups is 2. The zero-order chi connectivity index (χ0) is 18.4. The van der Waals surface area contributed by atoms with Gasteiger partial charge in [0.15, 0.2) is 0 Å². The number of nitrogens with zero attached hydrogens (tertiary/aromatic N) is 2. The first kappa shape index (κ1) is 18.9. The van der Waals surface area contributed by atoms with Gasteiger partial charge in [0.25, 0.3) is 0 Å². The molecule has 0 saturated carbocycles. The Kier molecular flexibility index (Phi) is 6.11. The third kappa shape index (κ3) is 5.54. The summed E-state index contributed by atoms with van der Waals surface area (Å²) >= 11 is 0. The van der Waals surface area contributed by atoms with Gasteiger partial charge >= 0.3 is 12.2 Å². The van der Waals surface area contributed by atoms with Crippen LogP contribution in [0.3, 0.4) is 0 Å². The van der Waals surface area contributed by atoms with Gasteiger partial charge < -0.3 is 20.9 Å². The van der Waals surface area contributed by atoms with Crippen LogP contribution >= 0.6 is 0 Å². The Morgan fingerprint density at radius 2 is 1.84 bits per heavy atom. The molecule has 1 aliphatic rings. The van der Waals surface area contributed by atoms with Crippen LogP contribution in [0.5, 0.6) is 0 Å². The Morgan fingerprint density at radius 3 is 2.44 bits per heavy atom. The number of alkyl halides is 3. The number of amides is 3. The molecule has 1 fully saturated rings. The smallest absolute Gasteiger partial charge is 0.368 e. The standard InChI is InChI=1S/C16H21F3N4O2/c17-16(18,19)12-3-1-4-13(11-12)22-7-9-23(10-8-22)14(24)5-2-6-21-15(20)25/h1,3-4,11H,2,5-10H2,(H3,20,21,25). The maximum atomic E-state index is 12.8. The SMILES string of the molecule is NC(=O)NCCCC(=O)N1CCN(c2cccc(C(F)(F)F)c2)CC1. The summed E-state index contributed by atoms with van der Waals surface area (Å²) in [5.74, 6) is -0.0324. The summed E-state index contributed by atoms with van der Waals surface area (Å²) in [5, 5.41) is 2.42. The fourth-order valence-electron chi connectivity index (χ4n) is 2.70. The molecular weight excluding hydrogens is 337 g/mol. The monoisotopic (exact) mass is 358 g/mol. The summed E-state index contributed by atoms with van der Waals surface area (Å²) in [4.78, 5) is 26.2. The van der Waals surface area contributed by atoms with Gasteiger partial charge in [0, 0.05) is 44.8 Å². The number of hydrogen-bond acceptors (Lipinski definition) is 3. The first-order valence-electron chi connectivity index (χ1n) is 8.00. The normalized spacial score (nSPS) is 15.2. The third-order valence-corrected chi connectivity index (χ3v) is 4.04. The van der Waals surface area contributed by atoms with Crippen molar-refractivity contribution in [2.24, 2.45) is 5.73 Å². The summed E-state index contributed by atoms with van der Waals surface area (Å²) in [6, 6.07) is 4.59. The van der Waals surface area contributed by atoms with Gasteiger partial charge in [-0.3, -0.25) is 4.79 Å². The van der Waals surface area contributed by atoms with Crippen molar-refractivity contribution in [1.82, 2.24) is 10.2 Å². The fourth-order valence-corrected chi connectivity index (χ4v) is 2.70. The van der Waals surface area contributed by atoms with Gasteiger partial charge in [-0.15, -0.1) is 0 Å². The molecule has 25 heavy (non-hydrogen) atoms. The molecule has 3 N–H and O–H groups in total. The molecule has 1 aromatic rings. The molecule has 3 amide bonds. The van der Waals surface area contributed by atoms with Crippen LogP contribution in [0.2, 0.25) is 0 Å². The molecule has 0 aromatic heterocycles. The molecule has 0 spiro atoms. The fraction of sp³-hybridized carbons (Fsp3) is 0.500. The number of piperazine rings is 1. The lowest BCUT2D eigenvalue weighted by Crippen LogP contribution is -2.49. The van der Waals surface area contributed by atoms with Gasteiger partial charge in [0.1, 0.15) is 0 Å². The minimum Gasteiger partial charge on any atom is -0.368 e. The van der Waals surface area contributed by atoms with Gasteiger partial charge in [0.2, 0.25) is 5.91 Å². The van der Waals surface area contributed by atoms with E-state index in [2.05, 4.69) is 5.32 Å². The summed E-state index contributed by atoms with van der Waals surface area (Å²) in [5.41, 5.74) is 4.77. The predicted octanol–water partition coefficient (Wildman–Crippen LogP) is 1.80. The topological polar surface area (TPSA) is 78.7 Å². The van der Waals surface area contributed by atoms with E-state index < -0.39 is 17.8 Å². The first-order valence-corrected chi connectivity index (χ1v) is 8.00. The zero-order valence-corrected chi connectivity index (χ0v) is 13.7. The van der Waals surface area contributed by atoms with Crippen LogP contribution in [-0.4, -0.2) is 49.6 Å². The van der Waals surface area contributed by atoms with Gasteiger partial charge in [-0.25, -0.2) is 4.79 Å². The molecule has 0 atom stereocenters. The van der Waals surface area contributed by atoms with E-state index in [1.165, 1.54) is 6.07 Å². The quantitative estimate of drug-likeness (QED) is 0.788. The van der Waals surface area contributed by atoms with Crippen molar-refractivity contribution in [3.8, 4) is 0 Å². The number of anilines is 1. The third-order valence-electron chi connectivity index (χ3n) is 4.04. The number of nitrogens with one attached hydrogen (secondary N) is 1. The Balaban J connectivity index is 1.83. The van der Waals surface area contributed by atoms with E-state index in [0.29, 0.717) is 51.3 Å². The van der Waals surface area contributed by atoms with Crippen LogP contribution in [-0.2, 0) is 11.0 Å². The van der Waals surface area contributed by atoms with E-state index in [1.807, 2.05) is 4.90 Å². The number of nitrogens with two attached hydrogens (primary N) is 1. The van der Waals surface area contributed by atoms with Crippen molar-refractivity contribution in [3.63, 3.8) is 0 Å². The zero-order valence-electron chi connectivity index (χ0n) is 13.7. The molecule has 1 aromatic carbocycles. The minimum absolute atomic E-state index is 0.0324. The first-order chi connectivity index (χ1) is 11.8. The molecule has 2 rings (SSSR count). The Hall–Kier alpha value is -2.45. The highest BCUT2D eigenvalue weighted by atomic mass is 19.4. The lowest BCUT2D eigenvalue weighted by Gasteiger charge is -2.36. The van der Waals surface area contributed by atoms with Crippen molar-refractivity contribution < 1.29 is 22.8 Å². The second-order valence-corrected chi connectivity index (χ2v) is 5.81. The van der Waals surface area contributed by atoms with Crippen LogP contribution in [0.4, 0.5) is 23.7 Å². The van der Waals surface area contributed by atoms with E-state index in [0.717, 1.165) is 12.1 Å². The van der Waals surface area contributed by atoms with Gasteiger partial charge in [0.05, 0.1) is 5.56 Å². The van der Waals surface area contributed by atoms with E-state index >= 15 is 0 Å². The molecular formula is C16H21F3N4O2. The van der Waals surface area contributed by atoms with Crippen molar-refractivity contribution in [2.75, 3.05) is 37.6 Å². The number of carbonyl (C=O) groups excluding carboxylic acids is 2. The second kappa shape index (κ2) is 8.09. The molecule has 9 heteroatoms. The lowest BCUT2D eigenvalue weighted by molar-refractivity contribution is -0.137. The number of hydrogen-bond donors (Lipinski definition) is 2. The van der Waals surface area contributed by atoms with E-state index in [4.69, 9.17) is 5.73 Å². The Morgan fingerprint density at radius 1 is 1.16 bits per heavy atom. The number of urea groups is 1. The highest BCUT2D eigenvalue weighted by Crippen LogP contribution is 2.31. The molecule has 0 bridgehead atoms. The molecule has 1 saturated heterocycles. The van der Waals surface area contributed by atoms with Crippen molar-refractivity contribution in [3.05, 3.63) is 29.8 Å². The highest BCUT2D eigenvalue weighted by molar-refractivity contribution is 5.76. The van der Waals surface area contributed by atoms with Crippen LogP contribution in [0.1, 0.15) is 18.4 Å². The summed E-state index contributed by atoms with van der Waals surface area (Å²) < 4.78 is 38.4. The number of rotatable bonds is 5. The Labute approximate surface area is 143 Å². The van der Waals surface area contributed by atoms with E-state index in [1.54, 1.807) is 11.0 Å². The summed E-state index contributed by atoms with van der Waals surface area (Å²) in [6.45, 7) is 2.21. The average molecular weight is 358 g/mol. The van der Waals surface area contributed by atoms with Crippen LogP contribution in [0.25, 0.3) is 0 Å². The highest BCUT2D eigenvalue weighted by Gasteiger charge is 2.31. The van der Waals surface area contributed by atoms with Crippen LogP contribution in [0, 0.1) is 0 Å². The van der Waals surface area contributed by atoms with Gasteiger partial charge in [-0.1, -0.05) is 6.07 Å². The molecule has 0 unspecified atom stereocenters. The average Bonchev–Trinajstić information content (AvgIpc) is 2.58. The maximum absolute atomic E-state index is 12.8. The molecule has 0 radical (unpaired) electrons. The van der Waals surface area contributed by atoms with Crippen molar-refractivity contribution >= 4 is 17.6 Å².